The van der Waals surface area contributed by atoms with Crippen molar-refractivity contribution in [3.8, 4) is 0 Å². The molecule has 33 heavy (non-hydrogen) atoms. The molecule has 1 aliphatic rings. The van der Waals surface area contributed by atoms with Gasteiger partial charge in [-0.2, -0.15) is 10.0 Å². The van der Waals surface area contributed by atoms with Crippen molar-refractivity contribution < 1.29 is 28.6 Å². The number of aliphatic imine (C=N–C) groups is 1. The third-order valence-electron chi connectivity index (χ3n) is 4.11. The minimum absolute atomic E-state index is 0.0439. The predicted octanol–water partition coefficient (Wildman–Crippen LogP) is 4.70. The summed E-state index contributed by atoms with van der Waals surface area (Å²) in [5, 5.41) is 1.75. The van der Waals surface area contributed by atoms with Gasteiger partial charge in [0.05, 0.1) is 0 Å². The van der Waals surface area contributed by atoms with Gasteiger partial charge in [0, 0.05) is 6.42 Å². The summed E-state index contributed by atoms with van der Waals surface area (Å²) in [7, 11) is 0. The number of carbonyl (C=O) groups excluding carboxylic acids is 3. The Balaban J connectivity index is 2.62. The lowest BCUT2D eigenvalue weighted by atomic mass is 9.99. The molecule has 0 N–H and O–H groups in total. The average molecular weight is 462 g/mol. The first-order valence-electron chi connectivity index (χ1n) is 10.8. The summed E-state index contributed by atoms with van der Waals surface area (Å²) in [6.45, 7) is 15.3. The Hall–Kier alpha value is -3.10. The average Bonchev–Trinajstić information content (AvgIpc) is 2.99. The zero-order chi connectivity index (χ0) is 25.2. The minimum Gasteiger partial charge on any atom is -0.457 e. The van der Waals surface area contributed by atoms with Crippen LogP contribution >= 0.6 is 0 Å². The van der Waals surface area contributed by atoms with Crippen LogP contribution in [0.5, 0.6) is 0 Å². The lowest BCUT2D eigenvalue weighted by molar-refractivity contribution is -0.174. The van der Waals surface area contributed by atoms with E-state index in [0.717, 1.165) is 16.4 Å². The summed E-state index contributed by atoms with van der Waals surface area (Å²) in [5.41, 5.74) is -3.81. The zero-order valence-corrected chi connectivity index (χ0v) is 21.0. The Labute approximate surface area is 195 Å². The molecule has 0 spiro atoms. The van der Waals surface area contributed by atoms with Crippen LogP contribution in [0.15, 0.2) is 35.3 Å². The normalized spacial score (nSPS) is 18.8. The van der Waals surface area contributed by atoms with Crippen LogP contribution in [-0.2, 0) is 25.4 Å². The number of nitrogens with zero attached hydrogens (tertiary/aromatic N) is 3. The molecule has 1 aromatic carbocycles. The number of benzene rings is 1. The number of hydrazine groups is 1. The van der Waals surface area contributed by atoms with E-state index >= 15 is 0 Å². The van der Waals surface area contributed by atoms with Crippen LogP contribution < -0.4 is 0 Å². The van der Waals surface area contributed by atoms with Crippen LogP contribution in [-0.4, -0.2) is 57.0 Å². The molecular weight excluding hydrogens is 426 g/mol. The lowest BCUT2D eigenvalue weighted by Gasteiger charge is -2.39. The summed E-state index contributed by atoms with van der Waals surface area (Å²) in [5.74, 6) is -0.799. The van der Waals surface area contributed by atoms with E-state index in [1.807, 2.05) is 6.07 Å². The van der Waals surface area contributed by atoms with Crippen LogP contribution in [0.1, 0.15) is 67.9 Å². The molecule has 0 fully saturated rings. The molecule has 2 rings (SSSR count). The third kappa shape index (κ3) is 6.94. The van der Waals surface area contributed by atoms with E-state index in [1.165, 1.54) is 0 Å². The maximum Gasteiger partial charge on any atom is 0.435 e. The summed E-state index contributed by atoms with van der Waals surface area (Å²) in [6, 6.07) is 9.04. The highest BCUT2D eigenvalue weighted by molar-refractivity contribution is 5.95. The summed E-state index contributed by atoms with van der Waals surface area (Å²) >= 11 is 0. The van der Waals surface area contributed by atoms with Gasteiger partial charge in [0.15, 0.2) is 0 Å². The molecule has 1 atom stereocenters. The molecule has 9 heteroatoms. The Morgan fingerprint density at radius 1 is 0.788 bits per heavy atom. The standard InChI is InChI=1S/C24H35N3O6/c1-21(2,3)31-18(28)24(15-17-13-11-10-12-14-17)25-16-26(19(29)32-22(4,5)6)27(24)20(30)33-23(7,8)9/h10-14,16H,15H2,1-9H3. The molecule has 1 aliphatic heterocycles. The number of hydrogen-bond acceptors (Lipinski definition) is 7. The van der Waals surface area contributed by atoms with Crippen LogP contribution in [0, 0.1) is 0 Å². The van der Waals surface area contributed by atoms with Gasteiger partial charge < -0.3 is 14.2 Å². The van der Waals surface area contributed by atoms with Crippen molar-refractivity contribution in [2.75, 3.05) is 0 Å². The molecule has 0 saturated carbocycles. The zero-order valence-electron chi connectivity index (χ0n) is 21.0. The second-order valence-electron chi connectivity index (χ2n) is 10.8. The highest BCUT2D eigenvalue weighted by Gasteiger charge is 2.58. The summed E-state index contributed by atoms with van der Waals surface area (Å²) < 4.78 is 16.7. The molecular formula is C24H35N3O6. The Morgan fingerprint density at radius 3 is 1.76 bits per heavy atom. The molecule has 1 aromatic rings. The first kappa shape index (κ1) is 26.2. The molecule has 1 heterocycles. The van der Waals surface area contributed by atoms with Crippen molar-refractivity contribution >= 4 is 24.5 Å². The monoisotopic (exact) mass is 461 g/mol. The highest BCUT2D eigenvalue weighted by Crippen LogP contribution is 2.34. The van der Waals surface area contributed by atoms with Gasteiger partial charge in [-0.15, -0.1) is 0 Å². The smallest absolute Gasteiger partial charge is 0.435 e. The van der Waals surface area contributed by atoms with Gasteiger partial charge in [-0.3, -0.25) is 0 Å². The van der Waals surface area contributed by atoms with Crippen molar-refractivity contribution in [3.05, 3.63) is 35.9 Å². The molecule has 0 aromatic heterocycles. The molecule has 0 saturated heterocycles. The van der Waals surface area contributed by atoms with E-state index in [2.05, 4.69) is 4.99 Å². The largest absolute Gasteiger partial charge is 0.457 e. The number of esters is 1. The quantitative estimate of drug-likeness (QED) is 0.478. The maximum absolute atomic E-state index is 13.6. The first-order valence-corrected chi connectivity index (χ1v) is 10.8. The third-order valence-corrected chi connectivity index (χ3v) is 4.11. The highest BCUT2D eigenvalue weighted by atomic mass is 16.6. The molecule has 0 bridgehead atoms. The molecule has 9 nitrogen and oxygen atoms in total. The number of rotatable bonds is 3. The Bertz CT molecular complexity index is 909. The lowest BCUT2D eigenvalue weighted by Crippen LogP contribution is -2.62. The Morgan fingerprint density at radius 2 is 1.27 bits per heavy atom. The second-order valence-corrected chi connectivity index (χ2v) is 10.8. The van der Waals surface area contributed by atoms with Gasteiger partial charge >= 0.3 is 18.2 Å². The van der Waals surface area contributed by atoms with Crippen LogP contribution in [0.4, 0.5) is 9.59 Å². The van der Waals surface area contributed by atoms with Crippen molar-refractivity contribution in [1.29, 1.82) is 0 Å². The van der Waals surface area contributed by atoms with E-state index in [4.69, 9.17) is 14.2 Å². The molecule has 0 aliphatic carbocycles. The van der Waals surface area contributed by atoms with E-state index in [1.54, 1.807) is 86.6 Å². The number of carbonyl (C=O) groups is 3. The van der Waals surface area contributed by atoms with Crippen molar-refractivity contribution in [2.24, 2.45) is 4.99 Å². The number of hydrogen-bond donors (Lipinski definition) is 0. The Kier molecular flexibility index (Phi) is 7.16. The minimum atomic E-state index is -1.91. The predicted molar refractivity (Wildman–Crippen MR) is 123 cm³/mol. The molecule has 182 valence electrons. The fraction of sp³-hybridized carbons (Fsp3) is 0.583. The fourth-order valence-electron chi connectivity index (χ4n) is 2.99. The van der Waals surface area contributed by atoms with Gasteiger partial charge in [-0.25, -0.2) is 19.4 Å². The van der Waals surface area contributed by atoms with Gasteiger partial charge in [-0.05, 0) is 67.9 Å². The number of ether oxygens (including phenoxy) is 3. The van der Waals surface area contributed by atoms with Crippen LogP contribution in [0.2, 0.25) is 0 Å². The molecule has 0 radical (unpaired) electrons. The first-order chi connectivity index (χ1) is 14.9. The maximum atomic E-state index is 13.6. The molecule has 1 unspecified atom stereocenters. The topological polar surface area (TPSA) is 97.7 Å². The van der Waals surface area contributed by atoms with Gasteiger partial charge in [0.25, 0.3) is 5.66 Å². The second kappa shape index (κ2) is 9.03. The van der Waals surface area contributed by atoms with Gasteiger partial charge in [0.1, 0.15) is 23.1 Å². The van der Waals surface area contributed by atoms with Crippen molar-refractivity contribution in [3.63, 3.8) is 0 Å². The van der Waals surface area contributed by atoms with Crippen molar-refractivity contribution in [2.45, 2.75) is 91.2 Å². The summed E-state index contributed by atoms with van der Waals surface area (Å²) in [6.07, 6.45) is -0.758. The van der Waals surface area contributed by atoms with Gasteiger partial charge in [0.2, 0.25) is 0 Å². The summed E-state index contributed by atoms with van der Waals surface area (Å²) in [4.78, 5) is 44.3. The van der Waals surface area contributed by atoms with E-state index < -0.39 is 40.6 Å². The van der Waals surface area contributed by atoms with Gasteiger partial charge in [-0.1, -0.05) is 30.3 Å². The van der Waals surface area contributed by atoms with E-state index in [-0.39, 0.29) is 6.42 Å². The van der Waals surface area contributed by atoms with E-state index in [0.29, 0.717) is 5.56 Å². The molecule has 2 amide bonds. The van der Waals surface area contributed by atoms with Crippen LogP contribution in [0.25, 0.3) is 0 Å². The van der Waals surface area contributed by atoms with Crippen molar-refractivity contribution in [1.82, 2.24) is 10.0 Å². The number of amides is 2. The van der Waals surface area contributed by atoms with Crippen LogP contribution in [0.3, 0.4) is 0 Å². The SMILES string of the molecule is CC(C)(C)OC(=O)N1C=NC(Cc2ccccc2)(C(=O)OC(C)(C)C)N1C(=O)OC(C)(C)C. The fourth-order valence-corrected chi connectivity index (χ4v) is 2.99. The van der Waals surface area contributed by atoms with E-state index in [9.17, 15) is 14.4 Å².